The van der Waals surface area contributed by atoms with Crippen molar-refractivity contribution >= 4 is 43.4 Å². The van der Waals surface area contributed by atoms with Crippen molar-refractivity contribution in [3.05, 3.63) is 62.5 Å². The zero-order chi connectivity index (χ0) is 14.7. The van der Waals surface area contributed by atoms with Gasteiger partial charge in [0.05, 0.1) is 5.69 Å². The Morgan fingerprint density at radius 1 is 1.15 bits per heavy atom. The first kappa shape index (κ1) is 15.1. The molecule has 2 aromatic rings. The second-order valence-corrected chi connectivity index (χ2v) is 6.33. The first-order chi connectivity index (χ1) is 9.47. The van der Waals surface area contributed by atoms with Gasteiger partial charge in [-0.15, -0.1) is 0 Å². The van der Waals surface area contributed by atoms with Gasteiger partial charge in [-0.2, -0.15) is 0 Å². The van der Waals surface area contributed by atoms with Crippen LogP contribution in [0.3, 0.4) is 0 Å². The molecule has 0 amide bonds. The lowest BCUT2D eigenvalue weighted by atomic mass is 10.1. The fourth-order valence-corrected chi connectivity index (χ4v) is 2.88. The van der Waals surface area contributed by atoms with Gasteiger partial charge in [0, 0.05) is 28.1 Å². The van der Waals surface area contributed by atoms with Crippen LogP contribution in [0, 0.1) is 5.41 Å². The van der Waals surface area contributed by atoms with Crippen molar-refractivity contribution in [2.24, 2.45) is 5.73 Å². The monoisotopic (exact) mass is 395 g/mol. The van der Waals surface area contributed by atoms with E-state index in [2.05, 4.69) is 48.9 Å². The second-order valence-electron chi connectivity index (χ2n) is 4.56. The minimum absolute atomic E-state index is 0.0767. The maximum Gasteiger partial charge on any atom is 0.122 e. The summed E-state index contributed by atoms with van der Waals surface area (Å²) in [5.74, 6) is 0.0767. The number of halogens is 2. The van der Waals surface area contributed by atoms with E-state index in [1.54, 1.807) is 0 Å². The Morgan fingerprint density at radius 2 is 1.80 bits per heavy atom. The SMILES string of the molecule is CN(Cc1ccc(Br)cc1)c1ccc(C(=N)N)cc1Br. The molecule has 5 heteroatoms. The lowest BCUT2D eigenvalue weighted by Gasteiger charge is -2.21. The molecule has 3 nitrogen and oxygen atoms in total. The minimum atomic E-state index is 0.0767. The van der Waals surface area contributed by atoms with Crippen LogP contribution in [0.15, 0.2) is 51.4 Å². The Balaban J connectivity index is 2.18. The first-order valence-electron chi connectivity index (χ1n) is 6.07. The Morgan fingerprint density at radius 3 is 2.35 bits per heavy atom. The lowest BCUT2D eigenvalue weighted by Crippen LogP contribution is -2.17. The van der Waals surface area contributed by atoms with Crippen molar-refractivity contribution in [2.45, 2.75) is 6.54 Å². The molecule has 3 N–H and O–H groups in total. The Hall–Kier alpha value is -1.33. The molecular weight excluding hydrogens is 382 g/mol. The van der Waals surface area contributed by atoms with Crippen molar-refractivity contribution in [3.8, 4) is 0 Å². The summed E-state index contributed by atoms with van der Waals surface area (Å²) < 4.78 is 2.01. The molecule has 0 heterocycles. The molecule has 0 aliphatic heterocycles. The van der Waals surface area contributed by atoms with E-state index in [-0.39, 0.29) is 5.84 Å². The standard InChI is InChI=1S/C15H15Br2N3/c1-20(9-10-2-5-12(16)6-3-10)14-7-4-11(15(18)19)8-13(14)17/h2-8H,9H2,1H3,(H3,18,19). The number of nitrogen functional groups attached to an aromatic ring is 1. The third-order valence-corrected chi connectivity index (χ3v) is 4.17. The number of nitrogens with zero attached hydrogens (tertiary/aromatic N) is 1. The summed E-state index contributed by atoms with van der Waals surface area (Å²) in [6.07, 6.45) is 0. The number of hydrogen-bond acceptors (Lipinski definition) is 2. The van der Waals surface area contributed by atoms with Crippen LogP contribution < -0.4 is 10.6 Å². The average Bonchev–Trinajstić information content (AvgIpc) is 2.41. The summed E-state index contributed by atoms with van der Waals surface area (Å²) in [7, 11) is 2.04. The molecule has 0 radical (unpaired) electrons. The number of benzene rings is 2. The number of hydrogen-bond donors (Lipinski definition) is 2. The van der Waals surface area contributed by atoms with Gasteiger partial charge in [-0.25, -0.2) is 0 Å². The Kier molecular flexibility index (Phi) is 4.83. The third kappa shape index (κ3) is 3.61. The summed E-state index contributed by atoms with van der Waals surface area (Å²) >= 11 is 6.98. The van der Waals surface area contributed by atoms with E-state index in [4.69, 9.17) is 11.1 Å². The summed E-state index contributed by atoms with van der Waals surface area (Å²) in [4.78, 5) is 2.15. The molecule has 104 valence electrons. The van der Waals surface area contributed by atoms with Gasteiger partial charge in [0.15, 0.2) is 0 Å². The largest absolute Gasteiger partial charge is 0.384 e. The maximum atomic E-state index is 7.45. The predicted octanol–water partition coefficient (Wildman–Crippen LogP) is 4.13. The third-order valence-electron chi connectivity index (χ3n) is 3.00. The number of nitrogens with two attached hydrogens (primary N) is 1. The van der Waals surface area contributed by atoms with Crippen LogP contribution in [0.25, 0.3) is 0 Å². The minimum Gasteiger partial charge on any atom is -0.384 e. The molecule has 0 spiro atoms. The summed E-state index contributed by atoms with van der Waals surface area (Å²) in [6.45, 7) is 0.811. The number of anilines is 1. The van der Waals surface area contributed by atoms with Gasteiger partial charge < -0.3 is 10.6 Å². The van der Waals surface area contributed by atoms with E-state index in [1.807, 2.05) is 37.4 Å². The van der Waals surface area contributed by atoms with E-state index in [9.17, 15) is 0 Å². The van der Waals surface area contributed by atoms with Crippen LogP contribution in [0.5, 0.6) is 0 Å². The molecule has 0 aliphatic carbocycles. The first-order valence-corrected chi connectivity index (χ1v) is 7.65. The van der Waals surface area contributed by atoms with Gasteiger partial charge in [0.1, 0.15) is 5.84 Å². The molecule has 0 bridgehead atoms. The van der Waals surface area contributed by atoms with Crippen LogP contribution >= 0.6 is 31.9 Å². The van der Waals surface area contributed by atoms with Gasteiger partial charge in [0.2, 0.25) is 0 Å². The number of nitrogens with one attached hydrogen (secondary N) is 1. The van der Waals surface area contributed by atoms with Gasteiger partial charge in [-0.05, 0) is 51.8 Å². The van der Waals surface area contributed by atoms with E-state index in [0.29, 0.717) is 0 Å². The molecule has 0 saturated carbocycles. The van der Waals surface area contributed by atoms with Gasteiger partial charge in [0.25, 0.3) is 0 Å². The van der Waals surface area contributed by atoms with E-state index in [0.717, 1.165) is 26.7 Å². The lowest BCUT2D eigenvalue weighted by molar-refractivity contribution is 0.919. The average molecular weight is 397 g/mol. The van der Waals surface area contributed by atoms with Crippen molar-refractivity contribution in [3.63, 3.8) is 0 Å². The highest BCUT2D eigenvalue weighted by Crippen LogP contribution is 2.27. The van der Waals surface area contributed by atoms with Crippen LogP contribution in [-0.4, -0.2) is 12.9 Å². The van der Waals surface area contributed by atoms with Crippen molar-refractivity contribution < 1.29 is 0 Å². The van der Waals surface area contributed by atoms with Gasteiger partial charge in [-0.1, -0.05) is 28.1 Å². The van der Waals surface area contributed by atoms with Crippen molar-refractivity contribution in [2.75, 3.05) is 11.9 Å². The van der Waals surface area contributed by atoms with Gasteiger partial charge >= 0.3 is 0 Å². The normalized spacial score (nSPS) is 10.3. The molecule has 0 unspecified atom stereocenters. The summed E-state index contributed by atoms with van der Waals surface area (Å²) in [5, 5.41) is 7.45. The van der Waals surface area contributed by atoms with E-state index in [1.165, 1.54) is 5.56 Å². The highest BCUT2D eigenvalue weighted by atomic mass is 79.9. The smallest absolute Gasteiger partial charge is 0.122 e. The van der Waals surface area contributed by atoms with Crippen molar-refractivity contribution in [1.29, 1.82) is 5.41 Å². The zero-order valence-electron chi connectivity index (χ0n) is 11.0. The molecule has 0 fully saturated rings. The predicted molar refractivity (Wildman–Crippen MR) is 91.4 cm³/mol. The molecule has 0 aromatic heterocycles. The maximum absolute atomic E-state index is 7.45. The van der Waals surface area contributed by atoms with Crippen molar-refractivity contribution in [1.82, 2.24) is 0 Å². The second kappa shape index (κ2) is 6.41. The molecule has 2 aromatic carbocycles. The molecule has 0 saturated heterocycles. The summed E-state index contributed by atoms with van der Waals surface area (Å²) in [6, 6.07) is 14.0. The highest BCUT2D eigenvalue weighted by molar-refractivity contribution is 9.10. The quantitative estimate of drug-likeness (QED) is 0.602. The van der Waals surface area contributed by atoms with Gasteiger partial charge in [-0.3, -0.25) is 5.41 Å². The molecule has 2 rings (SSSR count). The van der Waals surface area contributed by atoms with Crippen LogP contribution in [0.1, 0.15) is 11.1 Å². The van der Waals surface area contributed by atoms with E-state index < -0.39 is 0 Å². The molecule has 20 heavy (non-hydrogen) atoms. The zero-order valence-corrected chi connectivity index (χ0v) is 14.2. The van der Waals surface area contributed by atoms with Crippen LogP contribution in [0.2, 0.25) is 0 Å². The summed E-state index contributed by atoms with van der Waals surface area (Å²) in [5.41, 5.74) is 8.51. The molecular formula is C15H15Br2N3. The Labute approximate surface area is 135 Å². The topological polar surface area (TPSA) is 53.1 Å². The molecule has 0 atom stereocenters. The highest BCUT2D eigenvalue weighted by Gasteiger charge is 2.08. The fraction of sp³-hybridized carbons (Fsp3) is 0.133. The van der Waals surface area contributed by atoms with Crippen LogP contribution in [0.4, 0.5) is 5.69 Å². The van der Waals surface area contributed by atoms with E-state index >= 15 is 0 Å². The fourth-order valence-electron chi connectivity index (χ4n) is 1.93. The van der Waals surface area contributed by atoms with Crippen LogP contribution in [-0.2, 0) is 6.54 Å². The molecule has 0 aliphatic rings. The number of rotatable bonds is 4. The number of amidine groups is 1. The Bertz CT molecular complexity index is 624.